The molecule has 0 N–H and O–H groups in total. The van der Waals surface area contributed by atoms with Crippen molar-refractivity contribution in [3.05, 3.63) is 44.3 Å². The minimum absolute atomic E-state index is 0.00879. The second-order valence-corrected chi connectivity index (χ2v) is 10.7. The molecule has 2 atom stereocenters. The minimum atomic E-state index is -2.94. The topological polar surface area (TPSA) is 54.5 Å². The number of nitrogens with zero attached hydrogens (tertiary/aromatic N) is 1. The predicted octanol–water partition coefficient (Wildman–Crippen LogP) is 3.11. The first-order valence-corrected chi connectivity index (χ1v) is 11.7. The zero-order chi connectivity index (χ0) is 16.7. The van der Waals surface area contributed by atoms with Gasteiger partial charge in [0.05, 0.1) is 17.5 Å². The Balaban J connectivity index is 1.58. The molecule has 0 radical (unpaired) electrons. The van der Waals surface area contributed by atoms with Gasteiger partial charge in [-0.3, -0.25) is 4.79 Å². The minimum Gasteiger partial charge on any atom is -0.330 e. The molecule has 0 aliphatic carbocycles. The number of carbonyl (C=O) groups excluding carboxylic acids is 1. The van der Waals surface area contributed by atoms with Crippen molar-refractivity contribution < 1.29 is 13.2 Å². The highest BCUT2D eigenvalue weighted by atomic mass is 32.2. The molecule has 2 aromatic rings. The smallest absolute Gasteiger partial charge is 0.223 e. The number of thiophene rings is 2. The van der Waals surface area contributed by atoms with E-state index in [1.165, 1.54) is 15.3 Å². The summed E-state index contributed by atoms with van der Waals surface area (Å²) in [4.78, 5) is 17.4. The van der Waals surface area contributed by atoms with Gasteiger partial charge in [-0.05, 0) is 47.2 Å². The first-order chi connectivity index (χ1) is 11.5. The summed E-state index contributed by atoms with van der Waals surface area (Å²) in [5.41, 5.74) is 1.24. The van der Waals surface area contributed by atoms with Gasteiger partial charge in [-0.2, -0.15) is 0 Å². The number of hydrogen-bond donors (Lipinski definition) is 0. The highest BCUT2D eigenvalue weighted by Crippen LogP contribution is 2.40. The Morgan fingerprint density at radius 3 is 2.83 bits per heavy atom. The van der Waals surface area contributed by atoms with Crippen LogP contribution in [0.15, 0.2) is 29.0 Å². The number of amides is 1. The number of fused-ring (bicyclic) bond motifs is 1. The van der Waals surface area contributed by atoms with Crippen molar-refractivity contribution in [2.24, 2.45) is 5.92 Å². The Hall–Kier alpha value is -1.18. The van der Waals surface area contributed by atoms with E-state index in [1.54, 1.807) is 22.7 Å². The fourth-order valence-corrected chi connectivity index (χ4v) is 7.36. The summed E-state index contributed by atoms with van der Waals surface area (Å²) >= 11 is 3.44. The van der Waals surface area contributed by atoms with Gasteiger partial charge in [-0.1, -0.05) is 6.07 Å². The number of sulfone groups is 1. The first kappa shape index (κ1) is 16.3. The molecule has 0 aromatic carbocycles. The predicted molar refractivity (Wildman–Crippen MR) is 97.3 cm³/mol. The Morgan fingerprint density at radius 2 is 2.12 bits per heavy atom. The third-order valence-electron chi connectivity index (χ3n) is 4.89. The number of hydrogen-bond acceptors (Lipinski definition) is 5. The molecule has 4 rings (SSSR count). The molecule has 0 unspecified atom stereocenters. The van der Waals surface area contributed by atoms with Crippen molar-refractivity contribution in [3.63, 3.8) is 0 Å². The van der Waals surface area contributed by atoms with Gasteiger partial charge in [-0.25, -0.2) is 8.42 Å². The quantitative estimate of drug-likeness (QED) is 0.821. The third kappa shape index (κ3) is 3.05. The summed E-state index contributed by atoms with van der Waals surface area (Å²) in [5.74, 6) is 0.469. The Labute approximate surface area is 150 Å². The van der Waals surface area contributed by atoms with Crippen LogP contribution in [-0.2, 0) is 21.1 Å². The van der Waals surface area contributed by atoms with Crippen LogP contribution in [0.4, 0.5) is 0 Å². The average molecular weight is 382 g/mol. The summed E-state index contributed by atoms with van der Waals surface area (Å²) < 4.78 is 23.3. The van der Waals surface area contributed by atoms with E-state index in [9.17, 15) is 13.2 Å². The molecule has 4 heterocycles. The van der Waals surface area contributed by atoms with E-state index in [1.807, 2.05) is 16.3 Å². The van der Waals surface area contributed by atoms with E-state index in [2.05, 4.69) is 17.5 Å². The van der Waals surface area contributed by atoms with E-state index < -0.39 is 9.84 Å². The van der Waals surface area contributed by atoms with Gasteiger partial charge < -0.3 is 4.90 Å². The van der Waals surface area contributed by atoms with E-state index in [0.717, 1.165) is 6.42 Å². The van der Waals surface area contributed by atoms with Crippen molar-refractivity contribution in [2.45, 2.75) is 25.3 Å². The molecule has 7 heteroatoms. The van der Waals surface area contributed by atoms with Crippen LogP contribution in [-0.4, -0.2) is 37.3 Å². The van der Waals surface area contributed by atoms with Gasteiger partial charge in [0.25, 0.3) is 0 Å². The molecule has 128 valence electrons. The van der Waals surface area contributed by atoms with Gasteiger partial charge in [0.15, 0.2) is 9.84 Å². The van der Waals surface area contributed by atoms with Crippen LogP contribution in [0.25, 0.3) is 0 Å². The van der Waals surface area contributed by atoms with Crippen molar-refractivity contribution in [1.82, 2.24) is 4.90 Å². The Kier molecular flexibility index (Phi) is 4.26. The lowest BCUT2D eigenvalue weighted by molar-refractivity contribution is -0.134. The molecule has 2 aromatic heterocycles. The molecule has 2 aliphatic heterocycles. The van der Waals surface area contributed by atoms with Crippen molar-refractivity contribution in [3.8, 4) is 0 Å². The van der Waals surface area contributed by atoms with E-state index in [4.69, 9.17) is 0 Å². The molecule has 0 saturated carbocycles. The van der Waals surface area contributed by atoms with Crippen LogP contribution in [0.2, 0.25) is 0 Å². The fourth-order valence-electron chi connectivity index (χ4n) is 3.74. The van der Waals surface area contributed by atoms with Crippen LogP contribution < -0.4 is 0 Å². The van der Waals surface area contributed by atoms with Gasteiger partial charge in [0.1, 0.15) is 0 Å². The summed E-state index contributed by atoms with van der Waals surface area (Å²) in [6.07, 6.45) is 1.86. The maximum absolute atomic E-state index is 12.9. The molecule has 0 spiro atoms. The molecule has 4 nitrogen and oxygen atoms in total. The lowest BCUT2D eigenvalue weighted by atomic mass is 9.96. The van der Waals surface area contributed by atoms with Gasteiger partial charge >= 0.3 is 0 Å². The fraction of sp³-hybridized carbons (Fsp3) is 0.471. The molecule has 1 saturated heterocycles. The maximum atomic E-state index is 12.9. The molecule has 2 aliphatic rings. The molecule has 1 amide bonds. The van der Waals surface area contributed by atoms with Crippen molar-refractivity contribution in [2.75, 3.05) is 18.1 Å². The van der Waals surface area contributed by atoms with Crippen LogP contribution in [0.1, 0.15) is 34.2 Å². The largest absolute Gasteiger partial charge is 0.330 e. The molecular formula is C17H19NO3S3. The van der Waals surface area contributed by atoms with Crippen LogP contribution >= 0.6 is 22.7 Å². The molecule has 0 bridgehead atoms. The zero-order valence-corrected chi connectivity index (χ0v) is 15.6. The zero-order valence-electron chi connectivity index (χ0n) is 13.2. The average Bonchev–Trinajstić information content (AvgIpc) is 3.26. The van der Waals surface area contributed by atoms with E-state index >= 15 is 0 Å². The van der Waals surface area contributed by atoms with E-state index in [0.29, 0.717) is 19.4 Å². The Morgan fingerprint density at radius 1 is 1.25 bits per heavy atom. The van der Waals surface area contributed by atoms with Crippen molar-refractivity contribution in [1.29, 1.82) is 0 Å². The molecule has 24 heavy (non-hydrogen) atoms. The molecular weight excluding hydrogens is 362 g/mol. The third-order valence-corrected chi connectivity index (χ3v) is 8.65. The van der Waals surface area contributed by atoms with Crippen molar-refractivity contribution >= 4 is 38.4 Å². The second kappa shape index (κ2) is 6.28. The van der Waals surface area contributed by atoms with Gasteiger partial charge in [-0.15, -0.1) is 22.7 Å². The lowest BCUT2D eigenvalue weighted by Crippen LogP contribution is -2.40. The van der Waals surface area contributed by atoms with Gasteiger partial charge in [0, 0.05) is 22.7 Å². The summed E-state index contributed by atoms with van der Waals surface area (Å²) in [6, 6.07) is 6.23. The first-order valence-electron chi connectivity index (χ1n) is 8.13. The molecule has 1 fully saturated rings. The normalized spacial score (nSPS) is 25.6. The number of rotatable bonds is 3. The monoisotopic (exact) mass is 381 g/mol. The highest BCUT2D eigenvalue weighted by molar-refractivity contribution is 7.91. The lowest BCUT2D eigenvalue weighted by Gasteiger charge is -2.36. The van der Waals surface area contributed by atoms with Crippen LogP contribution in [0.5, 0.6) is 0 Å². The Bertz CT molecular complexity index is 838. The number of carbonyl (C=O) groups is 1. The van der Waals surface area contributed by atoms with Crippen LogP contribution in [0, 0.1) is 5.92 Å². The van der Waals surface area contributed by atoms with Gasteiger partial charge in [0.2, 0.25) is 5.91 Å². The standard InChI is InChI=1S/C17H19NO3S3/c19-16(10-12-5-9-24(20,21)11-12)18-6-3-14-13(4-8-23-14)17(18)15-2-1-7-22-15/h1-2,4,7-8,12,17H,3,5-6,9-11H2/t12-,17+/m1/s1. The summed E-state index contributed by atoms with van der Waals surface area (Å²) in [7, 11) is -2.94. The maximum Gasteiger partial charge on any atom is 0.223 e. The summed E-state index contributed by atoms with van der Waals surface area (Å²) in [6.45, 7) is 0.717. The SMILES string of the molecule is O=C(C[C@H]1CCS(=O)(=O)C1)N1CCc2sccc2[C@H]1c1cccs1. The van der Waals surface area contributed by atoms with E-state index in [-0.39, 0.29) is 29.4 Å². The summed E-state index contributed by atoms with van der Waals surface area (Å²) in [5, 5.41) is 4.14. The van der Waals surface area contributed by atoms with Crippen LogP contribution in [0.3, 0.4) is 0 Å². The second-order valence-electron chi connectivity index (χ2n) is 6.53. The highest BCUT2D eigenvalue weighted by Gasteiger charge is 2.36.